The second-order valence-electron chi connectivity index (χ2n) is 8.76. The van der Waals surface area contributed by atoms with Crippen LogP contribution in [0.25, 0.3) is 0 Å². The monoisotopic (exact) mass is 448 g/mol. The quantitative estimate of drug-likeness (QED) is 0.631. The van der Waals surface area contributed by atoms with Crippen LogP contribution in [-0.4, -0.2) is 39.6 Å². The third-order valence-corrected chi connectivity index (χ3v) is 7.60. The molecular formula is C25H28N4O2S. The fourth-order valence-electron chi connectivity index (χ4n) is 4.94. The van der Waals surface area contributed by atoms with Crippen molar-refractivity contribution in [2.75, 3.05) is 18.4 Å². The number of fused-ring (bicyclic) bond motifs is 1. The number of anilines is 1. The van der Waals surface area contributed by atoms with Crippen LogP contribution in [0.4, 0.5) is 5.82 Å². The van der Waals surface area contributed by atoms with Gasteiger partial charge in [-0.2, -0.15) is 5.10 Å². The number of thiophene rings is 1. The topological polar surface area (TPSA) is 67.2 Å². The Labute approximate surface area is 192 Å². The number of nitrogens with one attached hydrogen (secondary N) is 1. The number of carbonyl (C=O) groups is 2. The van der Waals surface area contributed by atoms with Crippen LogP contribution < -0.4 is 5.32 Å². The molecule has 2 aliphatic rings. The predicted octanol–water partition coefficient (Wildman–Crippen LogP) is 4.67. The third-order valence-electron chi connectivity index (χ3n) is 6.74. The van der Waals surface area contributed by atoms with Crippen molar-refractivity contribution in [1.82, 2.24) is 14.7 Å². The van der Waals surface area contributed by atoms with E-state index in [0.29, 0.717) is 25.9 Å². The molecule has 0 bridgehead atoms. The average molecular weight is 449 g/mol. The first kappa shape index (κ1) is 20.9. The minimum Gasteiger partial charge on any atom is -0.338 e. The van der Waals surface area contributed by atoms with Crippen molar-refractivity contribution in [1.29, 1.82) is 0 Å². The van der Waals surface area contributed by atoms with Gasteiger partial charge in [0.15, 0.2) is 0 Å². The Morgan fingerprint density at radius 3 is 2.69 bits per heavy atom. The first-order valence-corrected chi connectivity index (χ1v) is 12.3. The number of piperidine rings is 1. The van der Waals surface area contributed by atoms with E-state index in [1.807, 2.05) is 40.2 Å². The number of nitrogens with zero attached hydrogens (tertiary/aromatic N) is 3. The van der Waals surface area contributed by atoms with Crippen molar-refractivity contribution in [3.63, 3.8) is 0 Å². The van der Waals surface area contributed by atoms with Crippen molar-refractivity contribution in [3.8, 4) is 0 Å². The summed E-state index contributed by atoms with van der Waals surface area (Å²) in [5.74, 6) is 0.809. The Morgan fingerprint density at radius 2 is 1.91 bits per heavy atom. The van der Waals surface area contributed by atoms with Gasteiger partial charge in [0.1, 0.15) is 5.82 Å². The summed E-state index contributed by atoms with van der Waals surface area (Å²) in [7, 11) is 0. The summed E-state index contributed by atoms with van der Waals surface area (Å²) in [5.41, 5.74) is 3.65. The maximum atomic E-state index is 13.1. The van der Waals surface area contributed by atoms with Gasteiger partial charge < -0.3 is 10.2 Å². The Kier molecular flexibility index (Phi) is 5.83. The fraction of sp³-hybridized carbons (Fsp3) is 0.400. The Bertz CT molecular complexity index is 1110. The summed E-state index contributed by atoms with van der Waals surface area (Å²) in [5, 5.41) is 9.76. The molecule has 1 atom stereocenters. The van der Waals surface area contributed by atoms with Gasteiger partial charge in [-0.25, -0.2) is 4.68 Å². The van der Waals surface area contributed by atoms with Crippen molar-refractivity contribution >= 4 is 29.0 Å². The molecule has 1 saturated heterocycles. The average Bonchev–Trinajstić information content (AvgIpc) is 3.49. The lowest BCUT2D eigenvalue weighted by molar-refractivity contribution is -0.121. The zero-order chi connectivity index (χ0) is 22.1. The summed E-state index contributed by atoms with van der Waals surface area (Å²) in [6.07, 6.45) is 6.44. The number of benzene rings is 1. The second-order valence-corrected chi connectivity index (χ2v) is 9.71. The lowest BCUT2D eigenvalue weighted by Gasteiger charge is -2.31. The first-order valence-electron chi connectivity index (χ1n) is 11.4. The zero-order valence-electron chi connectivity index (χ0n) is 18.3. The zero-order valence-corrected chi connectivity index (χ0v) is 19.1. The molecule has 1 aliphatic heterocycles. The molecule has 2 amide bonds. The van der Waals surface area contributed by atoms with Crippen LogP contribution in [0.1, 0.15) is 58.1 Å². The van der Waals surface area contributed by atoms with Gasteiger partial charge in [-0.3, -0.25) is 9.59 Å². The SMILES string of the molecule is Cc1cnn(C2CCCc3ccccc32)c1NC(=O)C1CCN(C(=O)c2cccs2)CC1. The van der Waals surface area contributed by atoms with Crippen LogP contribution >= 0.6 is 11.3 Å². The molecule has 0 radical (unpaired) electrons. The van der Waals surface area contributed by atoms with Crippen LogP contribution in [0.2, 0.25) is 0 Å². The van der Waals surface area contributed by atoms with Gasteiger partial charge in [0, 0.05) is 24.6 Å². The summed E-state index contributed by atoms with van der Waals surface area (Å²) < 4.78 is 2.00. The van der Waals surface area contributed by atoms with Gasteiger partial charge in [-0.05, 0) is 61.6 Å². The van der Waals surface area contributed by atoms with E-state index >= 15 is 0 Å². The molecule has 3 aromatic rings. The summed E-state index contributed by atoms with van der Waals surface area (Å²) in [4.78, 5) is 28.4. The lowest BCUT2D eigenvalue weighted by Crippen LogP contribution is -2.41. The number of aryl methyl sites for hydroxylation is 2. The molecule has 6 nitrogen and oxygen atoms in total. The van der Waals surface area contributed by atoms with Crippen LogP contribution in [0.5, 0.6) is 0 Å². The number of carbonyl (C=O) groups excluding carboxylic acids is 2. The molecule has 166 valence electrons. The van der Waals surface area contributed by atoms with Crippen LogP contribution in [0, 0.1) is 12.8 Å². The maximum Gasteiger partial charge on any atom is 0.263 e. The highest BCUT2D eigenvalue weighted by Crippen LogP contribution is 2.35. The van der Waals surface area contributed by atoms with Crippen molar-refractivity contribution in [2.45, 2.75) is 45.1 Å². The Hall–Kier alpha value is -2.93. The first-order chi connectivity index (χ1) is 15.6. The fourth-order valence-corrected chi connectivity index (χ4v) is 5.63. The van der Waals surface area contributed by atoms with E-state index in [1.54, 1.807) is 0 Å². The number of hydrogen-bond acceptors (Lipinski definition) is 4. The molecule has 1 unspecified atom stereocenters. The molecule has 32 heavy (non-hydrogen) atoms. The maximum absolute atomic E-state index is 13.1. The smallest absolute Gasteiger partial charge is 0.263 e. The summed E-state index contributed by atoms with van der Waals surface area (Å²) in [6.45, 7) is 3.22. The van der Waals surface area contributed by atoms with Crippen LogP contribution in [0.3, 0.4) is 0 Å². The highest BCUT2D eigenvalue weighted by Gasteiger charge is 2.30. The molecular weight excluding hydrogens is 420 g/mol. The van der Waals surface area contributed by atoms with E-state index in [-0.39, 0.29) is 23.8 Å². The normalized spacial score (nSPS) is 18.9. The molecule has 1 fully saturated rings. The van der Waals surface area contributed by atoms with E-state index in [9.17, 15) is 9.59 Å². The molecule has 5 rings (SSSR count). The van der Waals surface area contributed by atoms with Gasteiger partial charge in [0.05, 0.1) is 17.1 Å². The van der Waals surface area contributed by atoms with Crippen molar-refractivity contribution < 1.29 is 9.59 Å². The number of aromatic nitrogens is 2. The molecule has 1 aliphatic carbocycles. The van der Waals surface area contributed by atoms with Gasteiger partial charge in [0.25, 0.3) is 5.91 Å². The molecule has 1 aromatic carbocycles. The lowest BCUT2D eigenvalue weighted by atomic mass is 9.88. The molecule has 1 N–H and O–H groups in total. The highest BCUT2D eigenvalue weighted by atomic mass is 32.1. The molecule has 2 aromatic heterocycles. The van der Waals surface area contributed by atoms with E-state index in [2.05, 4.69) is 34.7 Å². The van der Waals surface area contributed by atoms with Crippen LogP contribution in [0.15, 0.2) is 48.0 Å². The predicted molar refractivity (Wildman–Crippen MR) is 126 cm³/mol. The number of likely N-dealkylation sites (tertiary alicyclic amines) is 1. The van der Waals surface area contributed by atoms with Crippen molar-refractivity contribution in [2.24, 2.45) is 5.92 Å². The van der Waals surface area contributed by atoms with Gasteiger partial charge in [0.2, 0.25) is 5.91 Å². The van der Waals surface area contributed by atoms with Gasteiger partial charge >= 0.3 is 0 Å². The minimum absolute atomic E-state index is 0.0298. The molecule has 3 heterocycles. The van der Waals surface area contributed by atoms with E-state index in [0.717, 1.165) is 35.5 Å². The van der Waals surface area contributed by atoms with Gasteiger partial charge in [-0.1, -0.05) is 30.3 Å². The standard InChI is InChI=1S/C25H28N4O2S/c1-17-16-26-29(21-9-4-7-18-6-2-3-8-20(18)21)23(17)27-24(30)19-11-13-28(14-12-19)25(31)22-10-5-15-32-22/h2-3,5-6,8,10,15-16,19,21H,4,7,9,11-14H2,1H3,(H,27,30). The number of amides is 2. The van der Waals surface area contributed by atoms with Gasteiger partial charge in [-0.15, -0.1) is 11.3 Å². The molecule has 0 saturated carbocycles. The van der Waals surface area contributed by atoms with E-state index in [4.69, 9.17) is 0 Å². The summed E-state index contributed by atoms with van der Waals surface area (Å²) >= 11 is 1.47. The third kappa shape index (κ3) is 3.97. The van der Waals surface area contributed by atoms with Crippen LogP contribution in [-0.2, 0) is 11.2 Å². The van der Waals surface area contributed by atoms with E-state index in [1.165, 1.54) is 22.5 Å². The Morgan fingerprint density at radius 1 is 1.09 bits per heavy atom. The second kappa shape index (κ2) is 8.90. The highest BCUT2D eigenvalue weighted by molar-refractivity contribution is 7.12. The molecule has 7 heteroatoms. The van der Waals surface area contributed by atoms with E-state index < -0.39 is 0 Å². The summed E-state index contributed by atoms with van der Waals surface area (Å²) in [6, 6.07) is 12.5. The Balaban J connectivity index is 1.27. The molecule has 0 spiro atoms. The minimum atomic E-state index is -0.0937. The number of rotatable bonds is 4. The largest absolute Gasteiger partial charge is 0.338 e. The van der Waals surface area contributed by atoms with Crippen molar-refractivity contribution in [3.05, 3.63) is 69.5 Å². The number of hydrogen-bond donors (Lipinski definition) is 1.